The molecule has 0 atom stereocenters. The number of imidazole rings is 1. The summed E-state index contributed by atoms with van der Waals surface area (Å²) >= 11 is 2.25. The van der Waals surface area contributed by atoms with Gasteiger partial charge in [0.2, 0.25) is 0 Å². The molecule has 0 amide bonds. The van der Waals surface area contributed by atoms with Crippen LogP contribution >= 0.6 is 22.6 Å². The van der Waals surface area contributed by atoms with Crippen LogP contribution in [-0.4, -0.2) is 9.38 Å². The normalized spacial score (nSPS) is 10.7. The van der Waals surface area contributed by atoms with Gasteiger partial charge in [-0.1, -0.05) is 18.2 Å². The zero-order chi connectivity index (χ0) is 12.5. The number of halogens is 1. The molecule has 2 heterocycles. The lowest BCUT2D eigenvalue weighted by Crippen LogP contribution is -1.85. The molecule has 0 fully saturated rings. The first-order chi connectivity index (χ1) is 8.79. The fraction of sp³-hybridized carbons (Fsp3) is 0. The molecule has 0 spiro atoms. The average Bonchev–Trinajstić information content (AvgIpc) is 2.77. The van der Waals surface area contributed by atoms with Gasteiger partial charge in [-0.2, -0.15) is 0 Å². The Morgan fingerprint density at radius 1 is 1.17 bits per heavy atom. The second-order valence-electron chi connectivity index (χ2n) is 3.82. The minimum absolute atomic E-state index is 0.417. The van der Waals surface area contributed by atoms with Crippen LogP contribution in [0.15, 0.2) is 53.8 Å². The summed E-state index contributed by atoms with van der Waals surface area (Å²) in [7, 11) is 0. The number of nitroso groups, excluding NO2 is 1. The highest BCUT2D eigenvalue weighted by Crippen LogP contribution is 2.28. The van der Waals surface area contributed by atoms with E-state index in [0.29, 0.717) is 5.69 Å². The molecular formula is C13H8IN3O. The fourth-order valence-corrected chi connectivity index (χ4v) is 2.70. The Bertz CT molecular complexity index is 736. The first kappa shape index (κ1) is 11.3. The van der Waals surface area contributed by atoms with Gasteiger partial charge in [0.25, 0.3) is 0 Å². The lowest BCUT2D eigenvalue weighted by atomic mass is 10.1. The van der Waals surface area contributed by atoms with Gasteiger partial charge in [0.1, 0.15) is 20.7 Å². The molecule has 88 valence electrons. The van der Waals surface area contributed by atoms with E-state index in [2.05, 4.69) is 32.8 Å². The van der Waals surface area contributed by atoms with Gasteiger partial charge in [0, 0.05) is 11.8 Å². The van der Waals surface area contributed by atoms with Crippen molar-refractivity contribution in [1.82, 2.24) is 9.38 Å². The van der Waals surface area contributed by atoms with Gasteiger partial charge < -0.3 is 0 Å². The van der Waals surface area contributed by atoms with Gasteiger partial charge in [0.15, 0.2) is 0 Å². The summed E-state index contributed by atoms with van der Waals surface area (Å²) in [6.07, 6.45) is 1.97. The van der Waals surface area contributed by atoms with Gasteiger partial charge in [-0.15, -0.1) is 4.91 Å². The first-order valence-corrected chi connectivity index (χ1v) is 6.44. The van der Waals surface area contributed by atoms with Crippen LogP contribution in [-0.2, 0) is 0 Å². The lowest BCUT2D eigenvalue weighted by molar-refractivity contribution is 1.15. The van der Waals surface area contributed by atoms with Crippen molar-refractivity contribution in [1.29, 1.82) is 0 Å². The number of fused-ring (bicyclic) bond motifs is 1. The smallest absolute Gasteiger partial charge is 0.138 e. The van der Waals surface area contributed by atoms with Gasteiger partial charge in [-0.25, -0.2) is 4.98 Å². The van der Waals surface area contributed by atoms with E-state index in [1.807, 2.05) is 40.9 Å². The van der Waals surface area contributed by atoms with Crippen LogP contribution in [0, 0.1) is 8.61 Å². The third kappa shape index (κ3) is 1.80. The van der Waals surface area contributed by atoms with Crippen molar-refractivity contribution < 1.29 is 0 Å². The SMILES string of the molecule is O=Nc1cccc(-c2nc3ccccn3c2I)c1. The number of aromatic nitrogens is 2. The molecule has 5 heteroatoms. The third-order valence-electron chi connectivity index (χ3n) is 2.70. The highest BCUT2D eigenvalue weighted by molar-refractivity contribution is 14.1. The number of hydrogen-bond acceptors (Lipinski definition) is 3. The Labute approximate surface area is 117 Å². The zero-order valence-corrected chi connectivity index (χ0v) is 11.4. The topological polar surface area (TPSA) is 46.7 Å². The summed E-state index contributed by atoms with van der Waals surface area (Å²) in [5.74, 6) is 0. The van der Waals surface area contributed by atoms with E-state index in [1.54, 1.807) is 12.1 Å². The van der Waals surface area contributed by atoms with E-state index in [1.165, 1.54) is 0 Å². The summed E-state index contributed by atoms with van der Waals surface area (Å²) in [6, 6.07) is 13.0. The van der Waals surface area contributed by atoms with E-state index in [0.717, 1.165) is 20.6 Å². The minimum atomic E-state index is 0.417. The van der Waals surface area contributed by atoms with Crippen molar-refractivity contribution in [2.75, 3.05) is 0 Å². The quantitative estimate of drug-likeness (QED) is 0.519. The van der Waals surface area contributed by atoms with Crippen LogP contribution in [0.2, 0.25) is 0 Å². The maximum Gasteiger partial charge on any atom is 0.138 e. The van der Waals surface area contributed by atoms with Crippen LogP contribution in [0.5, 0.6) is 0 Å². The van der Waals surface area contributed by atoms with Gasteiger partial charge in [-0.05, 0) is 52.0 Å². The number of benzene rings is 1. The van der Waals surface area contributed by atoms with E-state index < -0.39 is 0 Å². The molecule has 3 rings (SSSR count). The monoisotopic (exact) mass is 349 g/mol. The van der Waals surface area contributed by atoms with Crippen molar-refractivity contribution in [3.63, 3.8) is 0 Å². The largest absolute Gasteiger partial charge is 0.294 e. The highest BCUT2D eigenvalue weighted by Gasteiger charge is 2.11. The Morgan fingerprint density at radius 2 is 2.06 bits per heavy atom. The molecule has 0 aliphatic carbocycles. The van der Waals surface area contributed by atoms with Crippen LogP contribution in [0.1, 0.15) is 0 Å². The third-order valence-corrected chi connectivity index (χ3v) is 3.73. The fourth-order valence-electron chi connectivity index (χ4n) is 1.86. The molecule has 0 saturated carbocycles. The Hall–Kier alpha value is -1.76. The van der Waals surface area contributed by atoms with Gasteiger partial charge in [0.05, 0.1) is 0 Å². The van der Waals surface area contributed by atoms with Crippen molar-refractivity contribution in [2.45, 2.75) is 0 Å². The molecular weight excluding hydrogens is 341 g/mol. The standard InChI is InChI=1S/C13H8IN3O/c14-13-12(9-4-3-5-10(8-9)16-18)15-11-6-1-2-7-17(11)13/h1-8H. The van der Waals surface area contributed by atoms with Crippen LogP contribution in [0.3, 0.4) is 0 Å². The second-order valence-corrected chi connectivity index (χ2v) is 4.84. The first-order valence-electron chi connectivity index (χ1n) is 5.36. The van der Waals surface area contributed by atoms with Crippen LogP contribution < -0.4 is 0 Å². The van der Waals surface area contributed by atoms with E-state index in [9.17, 15) is 4.91 Å². The molecule has 0 unspecified atom stereocenters. The number of hydrogen-bond donors (Lipinski definition) is 0. The lowest BCUT2D eigenvalue weighted by Gasteiger charge is -1.98. The number of rotatable bonds is 2. The Morgan fingerprint density at radius 3 is 2.83 bits per heavy atom. The van der Waals surface area contributed by atoms with Crippen molar-refractivity contribution in [2.24, 2.45) is 5.18 Å². The number of nitrogens with zero attached hydrogens (tertiary/aromatic N) is 3. The minimum Gasteiger partial charge on any atom is -0.294 e. The molecule has 0 bridgehead atoms. The molecule has 3 aromatic rings. The van der Waals surface area contributed by atoms with Crippen LogP contribution in [0.25, 0.3) is 16.9 Å². The Balaban J connectivity index is 2.24. The number of pyridine rings is 1. The average molecular weight is 349 g/mol. The molecule has 0 radical (unpaired) electrons. The van der Waals surface area contributed by atoms with E-state index in [-0.39, 0.29) is 0 Å². The predicted molar refractivity (Wildman–Crippen MR) is 78.8 cm³/mol. The molecule has 2 aromatic heterocycles. The summed E-state index contributed by atoms with van der Waals surface area (Å²) < 4.78 is 3.03. The van der Waals surface area contributed by atoms with Gasteiger partial charge >= 0.3 is 0 Å². The Kier molecular flexibility index (Phi) is 2.83. The summed E-state index contributed by atoms with van der Waals surface area (Å²) in [5.41, 5.74) is 3.08. The maximum atomic E-state index is 10.6. The van der Waals surface area contributed by atoms with Crippen molar-refractivity contribution in [3.05, 3.63) is 57.3 Å². The summed E-state index contributed by atoms with van der Waals surface area (Å²) in [6.45, 7) is 0. The second kappa shape index (κ2) is 4.49. The molecule has 18 heavy (non-hydrogen) atoms. The molecule has 0 aliphatic heterocycles. The van der Waals surface area contributed by atoms with Crippen molar-refractivity contribution >= 4 is 33.9 Å². The molecule has 0 saturated heterocycles. The zero-order valence-electron chi connectivity index (χ0n) is 9.25. The van der Waals surface area contributed by atoms with Crippen molar-refractivity contribution in [3.8, 4) is 11.3 Å². The highest BCUT2D eigenvalue weighted by atomic mass is 127. The molecule has 1 aromatic carbocycles. The van der Waals surface area contributed by atoms with E-state index >= 15 is 0 Å². The summed E-state index contributed by atoms with van der Waals surface area (Å²) in [4.78, 5) is 15.1. The van der Waals surface area contributed by atoms with Crippen LogP contribution in [0.4, 0.5) is 5.69 Å². The molecule has 0 N–H and O–H groups in total. The summed E-state index contributed by atoms with van der Waals surface area (Å²) in [5, 5.41) is 2.95. The molecule has 0 aliphatic rings. The van der Waals surface area contributed by atoms with E-state index in [4.69, 9.17) is 0 Å². The maximum absolute atomic E-state index is 10.6. The molecule has 4 nitrogen and oxygen atoms in total. The van der Waals surface area contributed by atoms with Gasteiger partial charge in [-0.3, -0.25) is 4.40 Å². The predicted octanol–water partition coefficient (Wildman–Crippen LogP) is 4.00.